The standard InChI is InChI=1S/C16H27N3OS/c1-4-8-17-12-6-5-7-13-14(12)18-15(21-13)19-9-10-20-11-16(19,2)3/h12,17H,4-11H2,1-3H3. The molecule has 2 aliphatic rings. The first-order valence-electron chi connectivity index (χ1n) is 8.20. The molecule has 1 fully saturated rings. The largest absolute Gasteiger partial charge is 0.377 e. The predicted molar refractivity (Wildman–Crippen MR) is 88.3 cm³/mol. The summed E-state index contributed by atoms with van der Waals surface area (Å²) < 4.78 is 5.64. The number of aromatic nitrogens is 1. The Morgan fingerprint density at radius 3 is 3.10 bits per heavy atom. The molecule has 0 aromatic carbocycles. The second-order valence-electron chi connectivity index (χ2n) is 6.72. The maximum Gasteiger partial charge on any atom is 0.186 e. The number of hydrogen-bond donors (Lipinski definition) is 1. The molecule has 1 saturated heterocycles. The molecule has 1 aromatic heterocycles. The van der Waals surface area contributed by atoms with Crippen molar-refractivity contribution in [3.8, 4) is 0 Å². The molecule has 0 spiro atoms. The number of aryl methyl sites for hydroxylation is 1. The number of thiazole rings is 1. The van der Waals surface area contributed by atoms with Crippen LogP contribution in [0, 0.1) is 0 Å². The highest BCUT2D eigenvalue weighted by Crippen LogP contribution is 2.39. The number of nitrogens with one attached hydrogen (secondary N) is 1. The molecular weight excluding hydrogens is 282 g/mol. The lowest BCUT2D eigenvalue weighted by molar-refractivity contribution is 0.0643. The van der Waals surface area contributed by atoms with Crippen LogP contribution in [0.2, 0.25) is 0 Å². The molecule has 1 unspecified atom stereocenters. The molecule has 0 amide bonds. The van der Waals surface area contributed by atoms with E-state index in [1.54, 1.807) is 0 Å². The summed E-state index contributed by atoms with van der Waals surface area (Å²) in [5, 5.41) is 4.86. The van der Waals surface area contributed by atoms with Gasteiger partial charge in [-0.05, 0) is 46.1 Å². The highest BCUT2D eigenvalue weighted by Gasteiger charge is 2.34. The van der Waals surface area contributed by atoms with Gasteiger partial charge in [-0.1, -0.05) is 6.92 Å². The minimum Gasteiger partial charge on any atom is -0.377 e. The van der Waals surface area contributed by atoms with Crippen LogP contribution in [0.5, 0.6) is 0 Å². The summed E-state index contributed by atoms with van der Waals surface area (Å²) in [6.07, 6.45) is 4.88. The van der Waals surface area contributed by atoms with Gasteiger partial charge >= 0.3 is 0 Å². The lowest BCUT2D eigenvalue weighted by Gasteiger charge is -2.42. The minimum absolute atomic E-state index is 0.0467. The van der Waals surface area contributed by atoms with Crippen LogP contribution < -0.4 is 10.2 Å². The van der Waals surface area contributed by atoms with E-state index in [2.05, 4.69) is 31.0 Å². The van der Waals surface area contributed by atoms with E-state index in [4.69, 9.17) is 9.72 Å². The molecule has 1 aromatic rings. The first-order chi connectivity index (χ1) is 10.1. The van der Waals surface area contributed by atoms with Crippen LogP contribution in [-0.2, 0) is 11.2 Å². The molecule has 0 bridgehead atoms. The average molecular weight is 309 g/mol. The summed E-state index contributed by atoms with van der Waals surface area (Å²) in [5.41, 5.74) is 1.36. The van der Waals surface area contributed by atoms with Crippen molar-refractivity contribution in [1.29, 1.82) is 0 Å². The molecule has 1 aliphatic heterocycles. The molecule has 1 atom stereocenters. The zero-order valence-corrected chi connectivity index (χ0v) is 14.3. The van der Waals surface area contributed by atoms with Gasteiger partial charge in [0.25, 0.3) is 0 Å². The summed E-state index contributed by atoms with van der Waals surface area (Å²) in [4.78, 5) is 8.96. The smallest absolute Gasteiger partial charge is 0.186 e. The van der Waals surface area contributed by atoms with Crippen LogP contribution in [0.3, 0.4) is 0 Å². The summed E-state index contributed by atoms with van der Waals surface area (Å²) in [5.74, 6) is 0. The molecule has 1 N–H and O–H groups in total. The highest BCUT2D eigenvalue weighted by atomic mass is 32.1. The van der Waals surface area contributed by atoms with E-state index in [9.17, 15) is 0 Å². The number of ether oxygens (including phenoxy) is 1. The van der Waals surface area contributed by atoms with Crippen molar-refractivity contribution < 1.29 is 4.74 Å². The SMILES string of the molecule is CCCNC1CCCc2sc(N3CCOCC3(C)C)nc21. The van der Waals surface area contributed by atoms with Crippen molar-refractivity contribution in [3.63, 3.8) is 0 Å². The zero-order valence-electron chi connectivity index (χ0n) is 13.4. The third-order valence-corrected chi connectivity index (χ3v) is 5.61. The Kier molecular flexibility index (Phi) is 4.52. The molecule has 2 heterocycles. The second kappa shape index (κ2) is 6.23. The molecule has 3 rings (SSSR count). The van der Waals surface area contributed by atoms with E-state index in [-0.39, 0.29) is 5.54 Å². The maximum absolute atomic E-state index is 5.64. The molecule has 1 aliphatic carbocycles. The Labute approximate surface area is 131 Å². The number of rotatable bonds is 4. The first-order valence-corrected chi connectivity index (χ1v) is 9.02. The molecule has 4 nitrogen and oxygen atoms in total. The van der Waals surface area contributed by atoms with Crippen LogP contribution in [-0.4, -0.2) is 36.8 Å². The summed E-state index contributed by atoms with van der Waals surface area (Å²) in [6, 6.07) is 0.461. The van der Waals surface area contributed by atoms with Crippen LogP contribution in [0.1, 0.15) is 56.6 Å². The lowest BCUT2D eigenvalue weighted by atomic mass is 9.97. The van der Waals surface area contributed by atoms with E-state index in [1.807, 2.05) is 11.3 Å². The van der Waals surface area contributed by atoms with Gasteiger partial charge < -0.3 is 15.0 Å². The van der Waals surface area contributed by atoms with Gasteiger partial charge in [0.05, 0.1) is 30.5 Å². The van der Waals surface area contributed by atoms with E-state index in [0.29, 0.717) is 6.04 Å². The molecule has 0 saturated carbocycles. The zero-order chi connectivity index (χ0) is 14.9. The Hall–Kier alpha value is -0.650. The van der Waals surface area contributed by atoms with E-state index in [1.165, 1.54) is 41.4 Å². The van der Waals surface area contributed by atoms with E-state index in [0.717, 1.165) is 26.3 Å². The van der Waals surface area contributed by atoms with E-state index < -0.39 is 0 Å². The van der Waals surface area contributed by atoms with Crippen molar-refractivity contribution in [2.45, 2.75) is 58.0 Å². The van der Waals surface area contributed by atoms with Crippen LogP contribution >= 0.6 is 11.3 Å². The lowest BCUT2D eigenvalue weighted by Crippen LogP contribution is -2.53. The monoisotopic (exact) mass is 309 g/mol. The number of morpholine rings is 1. The Morgan fingerprint density at radius 1 is 1.48 bits per heavy atom. The molecule has 118 valence electrons. The number of anilines is 1. The second-order valence-corrected chi connectivity index (χ2v) is 7.78. The van der Waals surface area contributed by atoms with Crippen LogP contribution in [0.25, 0.3) is 0 Å². The fourth-order valence-electron chi connectivity index (χ4n) is 3.25. The van der Waals surface area contributed by atoms with Gasteiger partial charge in [-0.3, -0.25) is 0 Å². The molecular formula is C16H27N3OS. The fourth-order valence-corrected chi connectivity index (χ4v) is 4.60. The van der Waals surface area contributed by atoms with Crippen molar-refractivity contribution in [2.24, 2.45) is 0 Å². The summed E-state index contributed by atoms with van der Waals surface area (Å²) in [7, 11) is 0. The van der Waals surface area contributed by atoms with Crippen LogP contribution in [0.15, 0.2) is 0 Å². The van der Waals surface area contributed by atoms with Gasteiger partial charge in [-0.25, -0.2) is 4.98 Å². The number of hydrogen-bond acceptors (Lipinski definition) is 5. The highest BCUT2D eigenvalue weighted by molar-refractivity contribution is 7.15. The quantitative estimate of drug-likeness (QED) is 0.927. The van der Waals surface area contributed by atoms with Crippen molar-refractivity contribution in [1.82, 2.24) is 10.3 Å². The normalized spacial score (nSPS) is 24.9. The molecule has 0 radical (unpaired) electrons. The van der Waals surface area contributed by atoms with Gasteiger partial charge in [0.15, 0.2) is 5.13 Å². The van der Waals surface area contributed by atoms with Crippen molar-refractivity contribution in [2.75, 3.05) is 31.2 Å². The van der Waals surface area contributed by atoms with Gasteiger partial charge in [-0.2, -0.15) is 0 Å². The van der Waals surface area contributed by atoms with Gasteiger partial charge in [0, 0.05) is 11.4 Å². The van der Waals surface area contributed by atoms with Crippen molar-refractivity contribution >= 4 is 16.5 Å². The van der Waals surface area contributed by atoms with Gasteiger partial charge in [0.1, 0.15) is 0 Å². The van der Waals surface area contributed by atoms with Crippen molar-refractivity contribution in [3.05, 3.63) is 10.6 Å². The fraction of sp³-hybridized carbons (Fsp3) is 0.812. The Bertz CT molecular complexity index is 486. The minimum atomic E-state index is 0.0467. The summed E-state index contributed by atoms with van der Waals surface area (Å²) in [6.45, 7) is 10.4. The summed E-state index contributed by atoms with van der Waals surface area (Å²) >= 11 is 1.90. The first kappa shape index (κ1) is 15.3. The Morgan fingerprint density at radius 2 is 2.33 bits per heavy atom. The van der Waals surface area contributed by atoms with Gasteiger partial charge in [0.2, 0.25) is 0 Å². The molecule has 5 heteroatoms. The topological polar surface area (TPSA) is 37.4 Å². The van der Waals surface area contributed by atoms with Crippen LogP contribution in [0.4, 0.5) is 5.13 Å². The third-order valence-electron chi connectivity index (χ3n) is 4.46. The Balaban J connectivity index is 1.83. The maximum atomic E-state index is 5.64. The number of fused-ring (bicyclic) bond motifs is 1. The predicted octanol–water partition coefficient (Wildman–Crippen LogP) is 3.14. The third kappa shape index (κ3) is 3.10. The van der Waals surface area contributed by atoms with Gasteiger partial charge in [-0.15, -0.1) is 11.3 Å². The number of nitrogens with zero attached hydrogens (tertiary/aromatic N) is 2. The average Bonchev–Trinajstić information content (AvgIpc) is 2.88. The molecule has 21 heavy (non-hydrogen) atoms. The van der Waals surface area contributed by atoms with E-state index >= 15 is 0 Å².